The number of rotatable bonds is 3. The van der Waals surface area contributed by atoms with Gasteiger partial charge in [0.2, 0.25) is 0 Å². The van der Waals surface area contributed by atoms with Gasteiger partial charge in [-0.25, -0.2) is 9.78 Å². The van der Waals surface area contributed by atoms with Crippen molar-refractivity contribution < 1.29 is 9.53 Å². The van der Waals surface area contributed by atoms with E-state index in [9.17, 15) is 4.79 Å². The summed E-state index contributed by atoms with van der Waals surface area (Å²) in [5, 5.41) is 3.35. The van der Waals surface area contributed by atoms with E-state index in [1.807, 2.05) is 23.7 Å². The Morgan fingerprint density at radius 3 is 3.05 bits per heavy atom. The van der Waals surface area contributed by atoms with Crippen molar-refractivity contribution >= 4 is 33.3 Å². The minimum Gasteiger partial charge on any atom is -0.462 e. The van der Waals surface area contributed by atoms with Gasteiger partial charge in [-0.2, -0.15) is 0 Å². The van der Waals surface area contributed by atoms with E-state index in [0.29, 0.717) is 17.3 Å². The van der Waals surface area contributed by atoms with E-state index >= 15 is 0 Å². The first-order valence-electron chi connectivity index (χ1n) is 6.18. The first-order chi connectivity index (χ1) is 9.69. The van der Waals surface area contributed by atoms with Gasteiger partial charge in [-0.3, -0.25) is 0 Å². The standard InChI is InChI=1S/C14H13N3O2S/c1-2-19-13(18)8-3-4-11-9(5-8)10(6-16-11)12-7-20-14(15)17-12/h3-7,16H,2H2,1H3,(H2,15,17). The Morgan fingerprint density at radius 2 is 2.35 bits per heavy atom. The number of carbonyl (C=O) groups is 1. The molecule has 0 aliphatic rings. The molecule has 6 heteroatoms. The highest BCUT2D eigenvalue weighted by molar-refractivity contribution is 7.13. The summed E-state index contributed by atoms with van der Waals surface area (Å²) in [5.41, 5.74) is 8.88. The van der Waals surface area contributed by atoms with E-state index in [2.05, 4.69) is 9.97 Å². The molecule has 0 unspecified atom stereocenters. The summed E-state index contributed by atoms with van der Waals surface area (Å²) in [6.07, 6.45) is 1.87. The zero-order valence-corrected chi connectivity index (χ0v) is 11.7. The second kappa shape index (κ2) is 4.97. The molecular weight excluding hydrogens is 274 g/mol. The Labute approximate surface area is 119 Å². The van der Waals surface area contributed by atoms with Crippen LogP contribution in [-0.4, -0.2) is 22.5 Å². The van der Waals surface area contributed by atoms with E-state index in [0.717, 1.165) is 22.2 Å². The van der Waals surface area contributed by atoms with E-state index in [4.69, 9.17) is 10.5 Å². The fourth-order valence-corrected chi connectivity index (χ4v) is 2.65. The zero-order chi connectivity index (χ0) is 14.1. The largest absolute Gasteiger partial charge is 0.462 e. The SMILES string of the molecule is CCOC(=O)c1ccc2[nH]cc(-c3csc(N)n3)c2c1. The van der Waals surface area contributed by atoms with Crippen LogP contribution in [-0.2, 0) is 4.74 Å². The zero-order valence-electron chi connectivity index (χ0n) is 10.8. The lowest BCUT2D eigenvalue weighted by atomic mass is 10.1. The molecular formula is C14H13N3O2S. The molecule has 20 heavy (non-hydrogen) atoms. The highest BCUT2D eigenvalue weighted by atomic mass is 32.1. The molecule has 0 fully saturated rings. The molecule has 0 radical (unpaired) electrons. The third-order valence-electron chi connectivity index (χ3n) is 2.99. The van der Waals surface area contributed by atoms with Crippen molar-refractivity contribution in [2.24, 2.45) is 0 Å². The topological polar surface area (TPSA) is 81.0 Å². The Kier molecular flexibility index (Phi) is 3.15. The van der Waals surface area contributed by atoms with E-state index < -0.39 is 0 Å². The van der Waals surface area contributed by atoms with Gasteiger partial charge in [0.15, 0.2) is 5.13 Å². The van der Waals surface area contributed by atoms with Crippen molar-refractivity contribution in [2.75, 3.05) is 12.3 Å². The molecule has 0 spiro atoms. The highest BCUT2D eigenvalue weighted by Gasteiger charge is 2.13. The van der Waals surface area contributed by atoms with Gasteiger partial charge in [-0.1, -0.05) is 0 Å². The molecule has 0 aliphatic carbocycles. The third-order valence-corrected chi connectivity index (χ3v) is 3.66. The Bertz CT molecular complexity index is 776. The molecule has 3 aromatic rings. The number of nitrogens with zero attached hydrogens (tertiary/aromatic N) is 1. The van der Waals surface area contributed by atoms with Gasteiger partial charge in [-0.05, 0) is 25.1 Å². The highest BCUT2D eigenvalue weighted by Crippen LogP contribution is 2.30. The molecule has 5 nitrogen and oxygen atoms in total. The Morgan fingerprint density at radius 1 is 1.50 bits per heavy atom. The van der Waals surface area contributed by atoms with E-state index in [1.165, 1.54) is 11.3 Å². The predicted octanol–water partition coefficient (Wildman–Crippen LogP) is 3.05. The maximum Gasteiger partial charge on any atom is 0.338 e. The fourth-order valence-electron chi connectivity index (χ4n) is 2.09. The summed E-state index contributed by atoms with van der Waals surface area (Å²) in [6, 6.07) is 5.42. The van der Waals surface area contributed by atoms with Gasteiger partial charge >= 0.3 is 5.97 Å². The average Bonchev–Trinajstić information content (AvgIpc) is 3.04. The Balaban J connectivity index is 2.10. The van der Waals surface area contributed by atoms with E-state index in [1.54, 1.807) is 13.0 Å². The molecule has 2 aromatic heterocycles. The average molecular weight is 287 g/mol. The van der Waals surface area contributed by atoms with Crippen molar-refractivity contribution in [2.45, 2.75) is 6.92 Å². The summed E-state index contributed by atoms with van der Waals surface area (Å²) < 4.78 is 5.02. The second-order valence-electron chi connectivity index (χ2n) is 4.25. The summed E-state index contributed by atoms with van der Waals surface area (Å²) in [7, 11) is 0. The van der Waals surface area contributed by atoms with Crippen molar-refractivity contribution in [3.63, 3.8) is 0 Å². The summed E-state index contributed by atoms with van der Waals surface area (Å²) in [4.78, 5) is 19.2. The lowest BCUT2D eigenvalue weighted by Gasteiger charge is -2.02. The van der Waals surface area contributed by atoms with Crippen molar-refractivity contribution in [3.8, 4) is 11.3 Å². The van der Waals surface area contributed by atoms with Crippen molar-refractivity contribution in [3.05, 3.63) is 35.3 Å². The smallest absolute Gasteiger partial charge is 0.338 e. The number of aromatic nitrogens is 2. The van der Waals surface area contributed by atoms with Gasteiger partial charge in [0.1, 0.15) is 0 Å². The molecule has 0 saturated carbocycles. The van der Waals surface area contributed by atoms with Gasteiger partial charge < -0.3 is 15.5 Å². The second-order valence-corrected chi connectivity index (χ2v) is 5.14. The monoisotopic (exact) mass is 287 g/mol. The van der Waals surface area contributed by atoms with Crippen LogP contribution >= 0.6 is 11.3 Å². The van der Waals surface area contributed by atoms with Gasteiger partial charge in [0.05, 0.1) is 17.9 Å². The maximum atomic E-state index is 11.8. The molecule has 102 valence electrons. The number of ether oxygens (including phenoxy) is 1. The number of nitrogen functional groups attached to an aromatic ring is 1. The molecule has 0 saturated heterocycles. The minimum absolute atomic E-state index is 0.320. The van der Waals surface area contributed by atoms with Crippen LogP contribution in [0.2, 0.25) is 0 Å². The number of nitrogens with one attached hydrogen (secondary N) is 1. The number of benzene rings is 1. The number of thiazole rings is 1. The normalized spacial score (nSPS) is 10.8. The first kappa shape index (κ1) is 12.7. The van der Waals surface area contributed by atoms with Crippen LogP contribution in [0.4, 0.5) is 5.13 Å². The number of nitrogens with two attached hydrogens (primary N) is 1. The lowest BCUT2D eigenvalue weighted by Crippen LogP contribution is -2.04. The Hall–Kier alpha value is -2.34. The summed E-state index contributed by atoms with van der Waals surface area (Å²) in [5.74, 6) is -0.320. The van der Waals surface area contributed by atoms with Crippen molar-refractivity contribution in [1.29, 1.82) is 0 Å². The van der Waals surface area contributed by atoms with Crippen LogP contribution in [0.25, 0.3) is 22.2 Å². The number of esters is 1. The van der Waals surface area contributed by atoms with Crippen LogP contribution in [0.1, 0.15) is 17.3 Å². The fraction of sp³-hybridized carbons (Fsp3) is 0.143. The van der Waals surface area contributed by atoms with Crippen molar-refractivity contribution in [1.82, 2.24) is 9.97 Å². The molecule has 0 aliphatic heterocycles. The van der Waals surface area contributed by atoms with Crippen LogP contribution < -0.4 is 5.73 Å². The number of H-pyrrole nitrogens is 1. The summed E-state index contributed by atoms with van der Waals surface area (Å²) in [6.45, 7) is 2.15. The molecule has 0 amide bonds. The number of hydrogen-bond donors (Lipinski definition) is 2. The van der Waals surface area contributed by atoms with Crippen LogP contribution in [0.5, 0.6) is 0 Å². The lowest BCUT2D eigenvalue weighted by molar-refractivity contribution is 0.0526. The molecule has 3 N–H and O–H groups in total. The van der Waals surface area contributed by atoms with Gasteiger partial charge in [0, 0.05) is 28.0 Å². The number of anilines is 1. The molecule has 2 heterocycles. The minimum atomic E-state index is -0.320. The number of aromatic amines is 1. The molecule has 1 aromatic carbocycles. The first-order valence-corrected chi connectivity index (χ1v) is 7.06. The van der Waals surface area contributed by atoms with E-state index in [-0.39, 0.29) is 5.97 Å². The molecule has 0 atom stereocenters. The summed E-state index contributed by atoms with van der Waals surface area (Å²) >= 11 is 1.39. The molecule has 3 rings (SSSR count). The molecule has 0 bridgehead atoms. The third kappa shape index (κ3) is 2.14. The van der Waals surface area contributed by atoms with Crippen LogP contribution in [0.15, 0.2) is 29.8 Å². The van der Waals surface area contributed by atoms with Crippen LogP contribution in [0.3, 0.4) is 0 Å². The maximum absolute atomic E-state index is 11.8. The van der Waals surface area contributed by atoms with Gasteiger partial charge in [0.25, 0.3) is 0 Å². The van der Waals surface area contributed by atoms with Gasteiger partial charge in [-0.15, -0.1) is 11.3 Å². The quantitative estimate of drug-likeness (QED) is 0.725. The van der Waals surface area contributed by atoms with Crippen LogP contribution in [0, 0.1) is 0 Å². The number of fused-ring (bicyclic) bond motifs is 1. The number of carbonyl (C=O) groups excluding carboxylic acids is 1. The number of hydrogen-bond acceptors (Lipinski definition) is 5. The predicted molar refractivity (Wildman–Crippen MR) is 79.8 cm³/mol.